The minimum absolute atomic E-state index is 0.524. The number of anilines is 3. The Hall–Kier alpha value is -4.10. The van der Waals surface area contributed by atoms with Crippen LogP contribution in [0.3, 0.4) is 0 Å². The van der Waals surface area contributed by atoms with Crippen molar-refractivity contribution in [2.45, 2.75) is 19.8 Å². The number of nitrogens with zero attached hydrogens (tertiary/aromatic N) is 1. The van der Waals surface area contributed by atoms with Crippen molar-refractivity contribution in [1.29, 1.82) is 0 Å². The molecule has 34 heavy (non-hydrogen) atoms. The molecule has 1 heteroatoms. The topological polar surface area (TPSA) is 3.24 Å². The third-order valence-electron chi connectivity index (χ3n) is 6.76. The van der Waals surface area contributed by atoms with Crippen molar-refractivity contribution in [2.75, 3.05) is 4.90 Å². The van der Waals surface area contributed by atoms with Gasteiger partial charge in [0.2, 0.25) is 0 Å². The summed E-state index contributed by atoms with van der Waals surface area (Å²) < 4.78 is 0. The van der Waals surface area contributed by atoms with Gasteiger partial charge in [0, 0.05) is 17.1 Å². The Morgan fingerprint density at radius 3 is 1.29 bits per heavy atom. The van der Waals surface area contributed by atoms with Gasteiger partial charge in [0.25, 0.3) is 0 Å². The van der Waals surface area contributed by atoms with Gasteiger partial charge in [-0.1, -0.05) is 98.8 Å². The lowest BCUT2D eigenvalue weighted by molar-refractivity contribution is 0.869. The van der Waals surface area contributed by atoms with Gasteiger partial charge in [-0.3, -0.25) is 0 Å². The van der Waals surface area contributed by atoms with E-state index in [0.717, 1.165) is 17.1 Å². The first-order chi connectivity index (χ1) is 16.7. The normalized spacial score (nSPS) is 11.5. The van der Waals surface area contributed by atoms with E-state index in [0.29, 0.717) is 5.92 Å². The van der Waals surface area contributed by atoms with E-state index >= 15 is 0 Å². The predicted octanol–water partition coefficient (Wildman–Crippen LogP) is 9.74. The Morgan fingerprint density at radius 2 is 0.794 bits per heavy atom. The molecule has 0 radical (unpaired) electrons. The largest absolute Gasteiger partial charge is 0.310 e. The summed E-state index contributed by atoms with van der Waals surface area (Å²) in [6.07, 6.45) is 0. The van der Waals surface area contributed by atoms with E-state index in [9.17, 15) is 0 Å². The second-order valence-electron chi connectivity index (χ2n) is 9.34. The van der Waals surface area contributed by atoms with Crippen molar-refractivity contribution in [3.63, 3.8) is 0 Å². The Bertz CT molecular complexity index is 1560. The van der Waals surface area contributed by atoms with Crippen LogP contribution in [0.2, 0.25) is 0 Å². The summed E-state index contributed by atoms with van der Waals surface area (Å²) in [5, 5.41) is 7.54. The van der Waals surface area contributed by atoms with Crippen molar-refractivity contribution < 1.29 is 0 Å². The SMILES string of the molecule is CC(C)c1ccc2cc(N(c3ccc4ccccc4c3)c3ccc4ccccc4c3)ccc2c1. The van der Waals surface area contributed by atoms with Crippen molar-refractivity contribution >= 4 is 49.4 Å². The van der Waals surface area contributed by atoms with Crippen LogP contribution < -0.4 is 4.90 Å². The molecule has 1 nitrogen and oxygen atoms in total. The molecule has 0 saturated carbocycles. The fourth-order valence-electron chi connectivity index (χ4n) is 4.83. The Morgan fingerprint density at radius 1 is 0.412 bits per heavy atom. The molecule has 6 rings (SSSR count). The highest BCUT2D eigenvalue weighted by molar-refractivity contribution is 5.95. The highest BCUT2D eigenvalue weighted by Crippen LogP contribution is 2.38. The molecule has 0 unspecified atom stereocenters. The number of fused-ring (bicyclic) bond motifs is 3. The maximum atomic E-state index is 2.37. The highest BCUT2D eigenvalue weighted by Gasteiger charge is 2.14. The molecule has 0 heterocycles. The quantitative estimate of drug-likeness (QED) is 0.265. The van der Waals surface area contributed by atoms with Crippen molar-refractivity contribution in [3.05, 3.63) is 127 Å². The number of benzene rings is 6. The van der Waals surface area contributed by atoms with Gasteiger partial charge in [-0.05, 0) is 80.2 Å². The minimum Gasteiger partial charge on any atom is -0.310 e. The summed E-state index contributed by atoms with van der Waals surface area (Å²) in [4.78, 5) is 2.37. The standard InChI is InChI=1S/C33H27N/c1-23(2)26-11-12-30-22-33(18-15-29(30)19-26)34(31-16-13-24-7-3-5-9-27(24)20-31)32-17-14-25-8-4-6-10-28(25)21-32/h3-23H,1-2H3. The van der Waals surface area contributed by atoms with Crippen LogP contribution in [-0.4, -0.2) is 0 Å². The molecule has 6 aromatic rings. The zero-order valence-electron chi connectivity index (χ0n) is 19.6. The summed E-state index contributed by atoms with van der Waals surface area (Å²) in [5.41, 5.74) is 4.86. The molecule has 0 fully saturated rings. The Balaban J connectivity index is 1.55. The van der Waals surface area contributed by atoms with Crippen LogP contribution >= 0.6 is 0 Å². The molecule has 0 bridgehead atoms. The highest BCUT2D eigenvalue weighted by atomic mass is 15.1. The lowest BCUT2D eigenvalue weighted by Gasteiger charge is -2.26. The molecule has 0 amide bonds. The summed E-state index contributed by atoms with van der Waals surface area (Å²) in [6, 6.07) is 44.2. The number of rotatable bonds is 4. The monoisotopic (exact) mass is 437 g/mol. The van der Waals surface area contributed by atoms with Crippen LogP contribution in [0.1, 0.15) is 25.3 Å². The van der Waals surface area contributed by atoms with Crippen molar-refractivity contribution in [1.82, 2.24) is 0 Å². The summed E-state index contributed by atoms with van der Waals surface area (Å²) in [7, 11) is 0. The first-order valence-corrected chi connectivity index (χ1v) is 12.0. The van der Waals surface area contributed by atoms with Crippen LogP contribution in [0.25, 0.3) is 32.3 Å². The molecule has 0 aliphatic heterocycles. The Kier molecular flexibility index (Phi) is 5.04. The molecular weight excluding hydrogens is 410 g/mol. The van der Waals surface area contributed by atoms with Gasteiger partial charge in [0.15, 0.2) is 0 Å². The second-order valence-corrected chi connectivity index (χ2v) is 9.34. The molecule has 0 N–H and O–H groups in total. The van der Waals surface area contributed by atoms with Gasteiger partial charge in [-0.25, -0.2) is 0 Å². The first-order valence-electron chi connectivity index (χ1n) is 12.0. The van der Waals surface area contributed by atoms with Gasteiger partial charge < -0.3 is 4.90 Å². The smallest absolute Gasteiger partial charge is 0.0468 e. The van der Waals surface area contributed by atoms with Gasteiger partial charge in [-0.2, -0.15) is 0 Å². The molecule has 0 spiro atoms. The van der Waals surface area contributed by atoms with E-state index < -0.39 is 0 Å². The zero-order chi connectivity index (χ0) is 23.1. The van der Waals surface area contributed by atoms with Gasteiger partial charge >= 0.3 is 0 Å². The van der Waals surface area contributed by atoms with E-state index in [1.54, 1.807) is 0 Å². The number of hydrogen-bond donors (Lipinski definition) is 0. The maximum absolute atomic E-state index is 2.37. The van der Waals surface area contributed by atoms with Gasteiger partial charge in [-0.15, -0.1) is 0 Å². The molecule has 0 aliphatic rings. The maximum Gasteiger partial charge on any atom is 0.0468 e. The van der Waals surface area contributed by atoms with Crippen LogP contribution in [0.5, 0.6) is 0 Å². The van der Waals surface area contributed by atoms with Crippen molar-refractivity contribution in [2.24, 2.45) is 0 Å². The van der Waals surface area contributed by atoms with E-state index in [-0.39, 0.29) is 0 Å². The van der Waals surface area contributed by atoms with Crippen molar-refractivity contribution in [3.8, 4) is 0 Å². The van der Waals surface area contributed by atoms with Gasteiger partial charge in [0.05, 0.1) is 0 Å². The molecule has 0 atom stereocenters. The minimum atomic E-state index is 0.524. The van der Waals surface area contributed by atoms with Gasteiger partial charge in [0.1, 0.15) is 0 Å². The fraction of sp³-hybridized carbons (Fsp3) is 0.0909. The molecule has 164 valence electrons. The lowest BCUT2D eigenvalue weighted by atomic mass is 9.98. The first kappa shape index (κ1) is 20.5. The van der Waals surface area contributed by atoms with Crippen LogP contribution in [0, 0.1) is 0 Å². The van der Waals surface area contributed by atoms with E-state index in [2.05, 4.69) is 140 Å². The molecule has 0 aromatic heterocycles. The predicted molar refractivity (Wildman–Crippen MR) is 148 cm³/mol. The number of hydrogen-bond acceptors (Lipinski definition) is 1. The summed E-state index contributed by atoms with van der Waals surface area (Å²) in [5.74, 6) is 0.524. The van der Waals surface area contributed by atoms with E-state index in [1.807, 2.05) is 0 Å². The zero-order valence-corrected chi connectivity index (χ0v) is 19.6. The lowest BCUT2D eigenvalue weighted by Crippen LogP contribution is -2.10. The third-order valence-corrected chi connectivity index (χ3v) is 6.76. The molecule has 0 saturated heterocycles. The molecular formula is C33H27N. The van der Waals surface area contributed by atoms with Crippen LogP contribution in [0.15, 0.2) is 121 Å². The van der Waals surface area contributed by atoms with Crippen LogP contribution in [-0.2, 0) is 0 Å². The average molecular weight is 438 g/mol. The summed E-state index contributed by atoms with van der Waals surface area (Å²) >= 11 is 0. The van der Waals surface area contributed by atoms with E-state index in [1.165, 1.54) is 37.9 Å². The molecule has 6 aromatic carbocycles. The molecule has 0 aliphatic carbocycles. The third kappa shape index (κ3) is 3.70. The second kappa shape index (κ2) is 8.35. The fourth-order valence-corrected chi connectivity index (χ4v) is 4.83. The Labute approximate surface area is 200 Å². The summed E-state index contributed by atoms with van der Waals surface area (Å²) in [6.45, 7) is 4.49. The van der Waals surface area contributed by atoms with Crippen LogP contribution in [0.4, 0.5) is 17.1 Å². The van der Waals surface area contributed by atoms with E-state index in [4.69, 9.17) is 0 Å². The average Bonchev–Trinajstić information content (AvgIpc) is 2.88.